The standard InChI is InChI=1S/C14H19N3/c1-11(2)17-9-8-13(16-17)10-14(15)12-6-4-3-5-7-12/h3-9,11,14H,10,15H2,1-2H3. The number of nitrogens with zero attached hydrogens (tertiary/aromatic N) is 2. The monoisotopic (exact) mass is 229 g/mol. The van der Waals surface area contributed by atoms with Gasteiger partial charge in [-0.05, 0) is 25.5 Å². The Morgan fingerprint density at radius 1 is 1.18 bits per heavy atom. The third kappa shape index (κ3) is 2.94. The molecule has 0 aliphatic carbocycles. The van der Waals surface area contributed by atoms with E-state index in [9.17, 15) is 0 Å². The molecule has 1 heterocycles. The molecule has 0 bridgehead atoms. The van der Waals surface area contributed by atoms with E-state index in [2.05, 4.69) is 31.1 Å². The number of benzene rings is 1. The van der Waals surface area contributed by atoms with Crippen molar-refractivity contribution < 1.29 is 0 Å². The molecule has 0 saturated carbocycles. The molecule has 0 spiro atoms. The summed E-state index contributed by atoms with van der Waals surface area (Å²) in [5.74, 6) is 0. The van der Waals surface area contributed by atoms with Gasteiger partial charge in [-0.1, -0.05) is 30.3 Å². The second-order valence-electron chi connectivity index (χ2n) is 4.60. The van der Waals surface area contributed by atoms with Crippen LogP contribution in [0.2, 0.25) is 0 Å². The summed E-state index contributed by atoms with van der Waals surface area (Å²) in [6.45, 7) is 4.24. The molecular formula is C14H19N3. The molecular weight excluding hydrogens is 210 g/mol. The number of nitrogens with two attached hydrogens (primary N) is 1. The minimum absolute atomic E-state index is 0.0201. The first-order valence-corrected chi connectivity index (χ1v) is 6.01. The Hall–Kier alpha value is -1.61. The van der Waals surface area contributed by atoms with Gasteiger partial charge in [0.25, 0.3) is 0 Å². The fourth-order valence-corrected chi connectivity index (χ4v) is 1.82. The summed E-state index contributed by atoms with van der Waals surface area (Å²) in [5, 5.41) is 4.51. The van der Waals surface area contributed by atoms with Crippen LogP contribution in [0.1, 0.15) is 37.2 Å². The molecule has 0 fully saturated rings. The van der Waals surface area contributed by atoms with Crippen molar-refractivity contribution in [3.05, 3.63) is 53.9 Å². The van der Waals surface area contributed by atoms with Crippen LogP contribution in [0.3, 0.4) is 0 Å². The number of hydrogen-bond donors (Lipinski definition) is 1. The molecule has 90 valence electrons. The molecule has 2 rings (SSSR count). The molecule has 3 nitrogen and oxygen atoms in total. The minimum atomic E-state index is 0.0201. The highest BCUT2D eigenvalue weighted by molar-refractivity contribution is 5.20. The second kappa shape index (κ2) is 5.15. The lowest BCUT2D eigenvalue weighted by atomic mass is 10.0. The van der Waals surface area contributed by atoms with Crippen LogP contribution < -0.4 is 5.73 Å². The first kappa shape index (κ1) is 11.9. The van der Waals surface area contributed by atoms with E-state index in [1.807, 2.05) is 35.1 Å². The van der Waals surface area contributed by atoms with Crippen LogP contribution in [0.5, 0.6) is 0 Å². The van der Waals surface area contributed by atoms with Crippen LogP contribution in [0.4, 0.5) is 0 Å². The largest absolute Gasteiger partial charge is 0.324 e. The van der Waals surface area contributed by atoms with Gasteiger partial charge in [-0.2, -0.15) is 5.10 Å². The molecule has 2 N–H and O–H groups in total. The Labute approximate surface area is 102 Å². The van der Waals surface area contributed by atoms with Crippen molar-refractivity contribution in [3.8, 4) is 0 Å². The summed E-state index contributed by atoms with van der Waals surface area (Å²) in [6, 6.07) is 12.6. The van der Waals surface area contributed by atoms with E-state index in [1.165, 1.54) is 0 Å². The summed E-state index contributed by atoms with van der Waals surface area (Å²) < 4.78 is 1.97. The number of rotatable bonds is 4. The minimum Gasteiger partial charge on any atom is -0.324 e. The van der Waals surface area contributed by atoms with Crippen molar-refractivity contribution in [1.82, 2.24) is 9.78 Å². The summed E-state index contributed by atoms with van der Waals surface area (Å²) >= 11 is 0. The Morgan fingerprint density at radius 2 is 1.88 bits per heavy atom. The fraction of sp³-hybridized carbons (Fsp3) is 0.357. The van der Waals surface area contributed by atoms with Crippen molar-refractivity contribution in [2.75, 3.05) is 0 Å². The molecule has 17 heavy (non-hydrogen) atoms. The zero-order chi connectivity index (χ0) is 12.3. The first-order valence-electron chi connectivity index (χ1n) is 6.01. The zero-order valence-corrected chi connectivity index (χ0v) is 10.4. The molecule has 0 saturated heterocycles. The van der Waals surface area contributed by atoms with Crippen LogP contribution in [0, 0.1) is 0 Å². The lowest BCUT2D eigenvalue weighted by Crippen LogP contribution is -2.14. The maximum Gasteiger partial charge on any atom is 0.0643 e. The van der Waals surface area contributed by atoms with Gasteiger partial charge in [-0.15, -0.1) is 0 Å². The molecule has 0 radical (unpaired) electrons. The summed E-state index contributed by atoms with van der Waals surface area (Å²) in [4.78, 5) is 0. The average Bonchev–Trinajstić information content (AvgIpc) is 2.79. The molecule has 1 unspecified atom stereocenters. The van der Waals surface area contributed by atoms with Crippen molar-refractivity contribution >= 4 is 0 Å². The van der Waals surface area contributed by atoms with E-state index >= 15 is 0 Å². The Balaban J connectivity index is 2.05. The number of hydrogen-bond acceptors (Lipinski definition) is 2. The van der Waals surface area contributed by atoms with Crippen LogP contribution in [-0.4, -0.2) is 9.78 Å². The van der Waals surface area contributed by atoms with E-state index < -0.39 is 0 Å². The summed E-state index contributed by atoms with van der Waals surface area (Å²) in [5.41, 5.74) is 8.37. The van der Waals surface area contributed by atoms with Crippen molar-refractivity contribution in [3.63, 3.8) is 0 Å². The van der Waals surface area contributed by atoms with E-state index in [0.29, 0.717) is 6.04 Å². The van der Waals surface area contributed by atoms with Gasteiger partial charge in [0.1, 0.15) is 0 Å². The lowest BCUT2D eigenvalue weighted by molar-refractivity contribution is 0.522. The molecule has 1 aromatic carbocycles. The quantitative estimate of drug-likeness (QED) is 0.876. The lowest BCUT2D eigenvalue weighted by Gasteiger charge is -2.10. The van der Waals surface area contributed by atoms with Crippen LogP contribution in [-0.2, 0) is 6.42 Å². The van der Waals surface area contributed by atoms with E-state index in [1.54, 1.807) is 0 Å². The first-order chi connectivity index (χ1) is 8.16. The summed E-state index contributed by atoms with van der Waals surface area (Å²) in [6.07, 6.45) is 2.79. The Bertz CT molecular complexity index is 459. The van der Waals surface area contributed by atoms with Gasteiger partial charge in [-0.3, -0.25) is 4.68 Å². The highest BCUT2D eigenvalue weighted by atomic mass is 15.3. The predicted octanol–water partition coefficient (Wildman–Crippen LogP) is 2.71. The maximum absolute atomic E-state index is 6.16. The van der Waals surface area contributed by atoms with E-state index in [0.717, 1.165) is 17.7 Å². The Morgan fingerprint density at radius 3 is 2.47 bits per heavy atom. The van der Waals surface area contributed by atoms with Crippen molar-refractivity contribution in [2.24, 2.45) is 5.73 Å². The van der Waals surface area contributed by atoms with Crippen molar-refractivity contribution in [2.45, 2.75) is 32.4 Å². The van der Waals surface area contributed by atoms with Gasteiger partial charge in [0.15, 0.2) is 0 Å². The van der Waals surface area contributed by atoms with Crippen LogP contribution in [0.25, 0.3) is 0 Å². The van der Waals surface area contributed by atoms with Gasteiger partial charge in [0, 0.05) is 24.7 Å². The Kier molecular flexibility index (Phi) is 3.59. The maximum atomic E-state index is 6.16. The zero-order valence-electron chi connectivity index (χ0n) is 10.4. The SMILES string of the molecule is CC(C)n1ccc(CC(N)c2ccccc2)n1. The molecule has 3 heteroatoms. The predicted molar refractivity (Wildman–Crippen MR) is 69.7 cm³/mol. The van der Waals surface area contributed by atoms with Gasteiger partial charge in [0.2, 0.25) is 0 Å². The van der Waals surface area contributed by atoms with Gasteiger partial charge >= 0.3 is 0 Å². The van der Waals surface area contributed by atoms with Gasteiger partial charge < -0.3 is 5.73 Å². The third-order valence-electron chi connectivity index (χ3n) is 2.85. The second-order valence-corrected chi connectivity index (χ2v) is 4.60. The molecule has 0 aliphatic rings. The molecule has 2 aromatic rings. The highest BCUT2D eigenvalue weighted by Gasteiger charge is 2.09. The molecule has 1 aromatic heterocycles. The van der Waals surface area contributed by atoms with E-state index in [4.69, 9.17) is 5.73 Å². The van der Waals surface area contributed by atoms with Crippen LogP contribution >= 0.6 is 0 Å². The molecule has 0 amide bonds. The highest BCUT2D eigenvalue weighted by Crippen LogP contribution is 2.15. The normalized spacial score (nSPS) is 12.9. The summed E-state index contributed by atoms with van der Waals surface area (Å²) in [7, 11) is 0. The average molecular weight is 229 g/mol. The third-order valence-corrected chi connectivity index (χ3v) is 2.85. The number of aromatic nitrogens is 2. The van der Waals surface area contributed by atoms with E-state index in [-0.39, 0.29) is 6.04 Å². The molecule has 0 aliphatic heterocycles. The fourth-order valence-electron chi connectivity index (χ4n) is 1.82. The van der Waals surface area contributed by atoms with Crippen LogP contribution in [0.15, 0.2) is 42.6 Å². The topological polar surface area (TPSA) is 43.8 Å². The van der Waals surface area contributed by atoms with Crippen molar-refractivity contribution in [1.29, 1.82) is 0 Å². The van der Waals surface area contributed by atoms with Gasteiger partial charge in [-0.25, -0.2) is 0 Å². The smallest absolute Gasteiger partial charge is 0.0643 e. The van der Waals surface area contributed by atoms with Gasteiger partial charge in [0.05, 0.1) is 5.69 Å². The molecule has 1 atom stereocenters.